The highest BCUT2D eigenvalue weighted by molar-refractivity contribution is 7.91. The summed E-state index contributed by atoms with van der Waals surface area (Å²) in [7, 11) is -3.23. The molecule has 1 amide bonds. The SMILES string of the molecule is CCS(=O)(=O)c1cccc(CC(=O)NC2C[C@@H](C)C[C@H](C)C2)c1. The van der Waals surface area contributed by atoms with Gasteiger partial charge in [-0.25, -0.2) is 8.42 Å². The molecule has 0 unspecified atom stereocenters. The minimum absolute atomic E-state index is 0.0256. The molecule has 4 nitrogen and oxygen atoms in total. The van der Waals surface area contributed by atoms with E-state index in [1.807, 2.05) is 0 Å². The van der Waals surface area contributed by atoms with Crippen LogP contribution in [-0.2, 0) is 21.1 Å². The molecule has 0 bridgehead atoms. The van der Waals surface area contributed by atoms with Crippen molar-refractivity contribution >= 4 is 15.7 Å². The second-order valence-electron chi connectivity index (χ2n) is 6.91. The van der Waals surface area contributed by atoms with Crippen molar-refractivity contribution in [2.24, 2.45) is 11.8 Å². The third-order valence-electron chi connectivity index (χ3n) is 4.55. The number of amides is 1. The summed E-state index contributed by atoms with van der Waals surface area (Å²) in [5.74, 6) is 1.33. The van der Waals surface area contributed by atoms with Crippen LogP contribution in [0.4, 0.5) is 0 Å². The summed E-state index contributed by atoms with van der Waals surface area (Å²) in [6, 6.07) is 6.95. The number of nitrogens with one attached hydrogen (secondary N) is 1. The molecular formula is C18H27NO3S. The van der Waals surface area contributed by atoms with Gasteiger partial charge in [0.1, 0.15) is 0 Å². The minimum Gasteiger partial charge on any atom is -0.353 e. The molecule has 1 fully saturated rings. The van der Waals surface area contributed by atoms with Gasteiger partial charge in [0.25, 0.3) is 0 Å². The molecule has 1 aromatic rings. The first kappa shape index (κ1) is 18.0. The van der Waals surface area contributed by atoms with Gasteiger partial charge in [-0.3, -0.25) is 4.79 Å². The molecular weight excluding hydrogens is 310 g/mol. The van der Waals surface area contributed by atoms with Crippen LogP contribution in [0.25, 0.3) is 0 Å². The molecule has 1 aliphatic rings. The fraction of sp³-hybridized carbons (Fsp3) is 0.611. The van der Waals surface area contributed by atoms with Crippen molar-refractivity contribution in [3.05, 3.63) is 29.8 Å². The minimum atomic E-state index is -3.23. The van der Waals surface area contributed by atoms with E-state index >= 15 is 0 Å². The lowest BCUT2D eigenvalue weighted by Crippen LogP contribution is -2.40. The van der Waals surface area contributed by atoms with E-state index < -0.39 is 9.84 Å². The average Bonchev–Trinajstić information content (AvgIpc) is 2.46. The average molecular weight is 337 g/mol. The monoisotopic (exact) mass is 337 g/mol. The Kier molecular flexibility index (Phi) is 5.84. The Morgan fingerprint density at radius 2 is 1.83 bits per heavy atom. The van der Waals surface area contributed by atoms with Crippen LogP contribution in [0.3, 0.4) is 0 Å². The van der Waals surface area contributed by atoms with E-state index in [9.17, 15) is 13.2 Å². The van der Waals surface area contributed by atoms with Crippen molar-refractivity contribution in [2.75, 3.05) is 5.75 Å². The maximum Gasteiger partial charge on any atom is 0.224 e. The predicted octanol–water partition coefficient (Wildman–Crippen LogP) is 2.96. The van der Waals surface area contributed by atoms with E-state index in [4.69, 9.17) is 0 Å². The van der Waals surface area contributed by atoms with Crippen molar-refractivity contribution < 1.29 is 13.2 Å². The highest BCUT2D eigenvalue weighted by Crippen LogP contribution is 2.28. The van der Waals surface area contributed by atoms with Gasteiger partial charge >= 0.3 is 0 Å². The first-order chi connectivity index (χ1) is 10.8. The highest BCUT2D eigenvalue weighted by atomic mass is 32.2. The van der Waals surface area contributed by atoms with E-state index in [1.54, 1.807) is 31.2 Å². The van der Waals surface area contributed by atoms with Gasteiger partial charge in [-0.1, -0.05) is 32.9 Å². The van der Waals surface area contributed by atoms with Crippen molar-refractivity contribution in [3.63, 3.8) is 0 Å². The van der Waals surface area contributed by atoms with Gasteiger partial charge in [0.15, 0.2) is 9.84 Å². The highest BCUT2D eigenvalue weighted by Gasteiger charge is 2.25. The van der Waals surface area contributed by atoms with E-state index in [1.165, 1.54) is 6.42 Å². The number of hydrogen-bond acceptors (Lipinski definition) is 3. The van der Waals surface area contributed by atoms with Crippen molar-refractivity contribution in [3.8, 4) is 0 Å². The van der Waals surface area contributed by atoms with Crippen LogP contribution in [0.15, 0.2) is 29.2 Å². The standard InChI is InChI=1S/C18H27NO3S/c1-4-23(21,22)17-7-5-6-15(11-17)12-18(20)19-16-9-13(2)8-14(3)10-16/h5-7,11,13-14,16H,4,8-10,12H2,1-3H3,(H,19,20)/t13-,14-/m0/s1. The lowest BCUT2D eigenvalue weighted by atomic mass is 9.80. The van der Waals surface area contributed by atoms with Gasteiger partial charge < -0.3 is 5.32 Å². The number of carbonyl (C=O) groups is 1. The Morgan fingerprint density at radius 3 is 2.43 bits per heavy atom. The zero-order valence-electron chi connectivity index (χ0n) is 14.2. The maximum atomic E-state index is 12.3. The maximum absolute atomic E-state index is 12.3. The molecule has 1 aliphatic carbocycles. The van der Waals surface area contributed by atoms with Gasteiger partial charge in [0.2, 0.25) is 5.91 Å². The first-order valence-corrected chi connectivity index (χ1v) is 10.1. The molecule has 1 N–H and O–H groups in total. The summed E-state index contributed by atoms with van der Waals surface area (Å²) in [5, 5.41) is 3.11. The third-order valence-corrected chi connectivity index (χ3v) is 6.28. The molecule has 2 atom stereocenters. The van der Waals surface area contributed by atoms with Gasteiger partial charge in [-0.05, 0) is 48.8 Å². The van der Waals surface area contributed by atoms with Crippen molar-refractivity contribution in [2.45, 2.75) is 57.4 Å². The van der Waals surface area contributed by atoms with Crippen LogP contribution < -0.4 is 5.32 Å². The molecule has 0 saturated heterocycles. The number of rotatable bonds is 5. The van der Waals surface area contributed by atoms with Crippen LogP contribution in [0.1, 0.15) is 45.6 Å². The molecule has 23 heavy (non-hydrogen) atoms. The second kappa shape index (κ2) is 7.47. The van der Waals surface area contributed by atoms with E-state index in [2.05, 4.69) is 19.2 Å². The zero-order valence-corrected chi connectivity index (χ0v) is 15.0. The Labute approximate surface area is 139 Å². The molecule has 128 valence electrons. The molecule has 0 radical (unpaired) electrons. The number of carbonyl (C=O) groups excluding carboxylic acids is 1. The molecule has 0 spiro atoms. The fourth-order valence-corrected chi connectivity index (χ4v) is 4.49. The summed E-state index contributed by atoms with van der Waals surface area (Å²) in [5.41, 5.74) is 0.744. The normalized spacial score (nSPS) is 25.1. The van der Waals surface area contributed by atoms with E-state index in [0.29, 0.717) is 16.7 Å². The summed E-state index contributed by atoms with van der Waals surface area (Å²) in [6.07, 6.45) is 3.51. The van der Waals surface area contributed by atoms with Crippen molar-refractivity contribution in [1.29, 1.82) is 0 Å². The molecule has 0 aliphatic heterocycles. The van der Waals surface area contributed by atoms with Crippen molar-refractivity contribution in [1.82, 2.24) is 5.32 Å². The van der Waals surface area contributed by atoms with Crippen LogP contribution in [0.2, 0.25) is 0 Å². The van der Waals surface area contributed by atoms with Gasteiger partial charge in [-0.2, -0.15) is 0 Å². The Bertz CT molecular complexity index is 644. The largest absolute Gasteiger partial charge is 0.353 e. The Hall–Kier alpha value is -1.36. The van der Waals surface area contributed by atoms with Gasteiger partial charge in [-0.15, -0.1) is 0 Å². The lowest BCUT2D eigenvalue weighted by Gasteiger charge is -2.32. The molecule has 1 saturated carbocycles. The quantitative estimate of drug-likeness (QED) is 0.898. The summed E-state index contributed by atoms with van der Waals surface area (Å²) in [4.78, 5) is 12.6. The molecule has 2 rings (SSSR count). The molecule has 0 heterocycles. The Morgan fingerprint density at radius 1 is 1.17 bits per heavy atom. The van der Waals surface area contributed by atoms with Gasteiger partial charge in [0, 0.05) is 6.04 Å². The van der Waals surface area contributed by atoms with Crippen LogP contribution in [0.5, 0.6) is 0 Å². The third kappa shape index (κ3) is 5.06. The summed E-state index contributed by atoms with van der Waals surface area (Å²) < 4.78 is 23.9. The molecule has 0 aromatic heterocycles. The summed E-state index contributed by atoms with van der Waals surface area (Å²) in [6.45, 7) is 6.09. The van der Waals surface area contributed by atoms with Crippen LogP contribution in [-0.4, -0.2) is 26.1 Å². The Balaban J connectivity index is 1.99. The molecule has 1 aromatic carbocycles. The van der Waals surface area contributed by atoms with Gasteiger partial charge in [0.05, 0.1) is 17.1 Å². The number of sulfone groups is 1. The topological polar surface area (TPSA) is 63.2 Å². The smallest absolute Gasteiger partial charge is 0.224 e. The zero-order chi connectivity index (χ0) is 17.0. The second-order valence-corrected chi connectivity index (χ2v) is 9.19. The van der Waals surface area contributed by atoms with E-state index in [-0.39, 0.29) is 24.1 Å². The van der Waals surface area contributed by atoms with E-state index in [0.717, 1.165) is 18.4 Å². The summed E-state index contributed by atoms with van der Waals surface area (Å²) >= 11 is 0. The number of hydrogen-bond donors (Lipinski definition) is 1. The van der Waals surface area contributed by atoms with Crippen LogP contribution in [0, 0.1) is 11.8 Å². The fourth-order valence-electron chi connectivity index (χ4n) is 3.54. The van der Waals surface area contributed by atoms with Crippen LogP contribution >= 0.6 is 0 Å². The number of benzene rings is 1. The lowest BCUT2D eigenvalue weighted by molar-refractivity contribution is -0.121. The predicted molar refractivity (Wildman–Crippen MR) is 92.0 cm³/mol. The molecule has 5 heteroatoms. The first-order valence-electron chi connectivity index (χ1n) is 8.41.